The lowest BCUT2D eigenvalue weighted by Gasteiger charge is -2.17. The highest BCUT2D eigenvalue weighted by Gasteiger charge is 2.18. The molecule has 1 N–H and O–H groups in total. The summed E-state index contributed by atoms with van der Waals surface area (Å²) in [5.74, 6) is 0.0317. The summed E-state index contributed by atoms with van der Waals surface area (Å²) in [5.41, 5.74) is 4.60. The number of anilines is 1. The molecular formula is C13H11ClN2OS. The van der Waals surface area contributed by atoms with Crippen molar-refractivity contribution >= 4 is 44.6 Å². The molecule has 18 heavy (non-hydrogen) atoms. The van der Waals surface area contributed by atoms with E-state index in [9.17, 15) is 4.79 Å². The van der Waals surface area contributed by atoms with Crippen LogP contribution in [-0.2, 0) is 4.79 Å². The molecule has 3 nitrogen and oxygen atoms in total. The Bertz CT molecular complexity index is 647. The van der Waals surface area contributed by atoms with Crippen molar-refractivity contribution in [2.45, 2.75) is 19.3 Å². The van der Waals surface area contributed by atoms with Crippen LogP contribution in [0.15, 0.2) is 34.4 Å². The average molecular weight is 279 g/mol. The van der Waals surface area contributed by atoms with Gasteiger partial charge in [-0.15, -0.1) is 11.3 Å². The van der Waals surface area contributed by atoms with Crippen LogP contribution in [0.1, 0.15) is 19.3 Å². The van der Waals surface area contributed by atoms with Gasteiger partial charge >= 0.3 is 0 Å². The second-order valence-electron chi connectivity index (χ2n) is 4.23. The summed E-state index contributed by atoms with van der Waals surface area (Å²) in [6.07, 6.45) is 2.24. The molecule has 1 aromatic heterocycles. The van der Waals surface area contributed by atoms with Gasteiger partial charge in [-0.3, -0.25) is 4.79 Å². The van der Waals surface area contributed by atoms with Crippen molar-refractivity contribution in [2.75, 3.05) is 5.32 Å². The zero-order chi connectivity index (χ0) is 12.5. The number of aromatic nitrogens is 1. The summed E-state index contributed by atoms with van der Waals surface area (Å²) in [6, 6.07) is 5.95. The molecule has 0 spiro atoms. The second kappa shape index (κ2) is 4.71. The van der Waals surface area contributed by atoms with E-state index in [-0.39, 0.29) is 5.78 Å². The number of nitrogens with zero attached hydrogens (tertiary/aromatic N) is 1. The van der Waals surface area contributed by atoms with E-state index in [0.29, 0.717) is 11.5 Å². The molecule has 0 saturated carbocycles. The Morgan fingerprint density at radius 1 is 1.33 bits per heavy atom. The van der Waals surface area contributed by atoms with Gasteiger partial charge in [0.2, 0.25) is 0 Å². The van der Waals surface area contributed by atoms with Crippen molar-refractivity contribution in [3.05, 3.63) is 34.4 Å². The molecular weight excluding hydrogens is 268 g/mol. The third-order valence-corrected chi connectivity index (χ3v) is 4.20. The Balaban J connectivity index is 1.91. The predicted molar refractivity (Wildman–Crippen MR) is 75.0 cm³/mol. The van der Waals surface area contributed by atoms with Crippen molar-refractivity contribution in [2.24, 2.45) is 0 Å². The maximum absolute atomic E-state index is 11.5. The van der Waals surface area contributed by atoms with Gasteiger partial charge in [0, 0.05) is 17.8 Å². The van der Waals surface area contributed by atoms with Crippen molar-refractivity contribution < 1.29 is 4.79 Å². The number of carbonyl (C=O) groups excluding carboxylic acids is 1. The number of halogens is 1. The average Bonchev–Trinajstić information content (AvgIpc) is 2.82. The molecule has 1 heterocycles. The maximum Gasteiger partial charge on any atom is 0.175 e. The molecule has 0 fully saturated rings. The number of fused-ring (bicyclic) bond motifs is 1. The van der Waals surface area contributed by atoms with E-state index in [1.54, 1.807) is 11.3 Å². The fourth-order valence-electron chi connectivity index (χ4n) is 2.04. The van der Waals surface area contributed by atoms with E-state index in [1.807, 2.05) is 23.7 Å². The zero-order valence-electron chi connectivity index (χ0n) is 9.57. The molecule has 5 heteroatoms. The van der Waals surface area contributed by atoms with E-state index in [4.69, 9.17) is 11.6 Å². The first-order valence-corrected chi connectivity index (χ1v) is 7.02. The van der Waals surface area contributed by atoms with Crippen LogP contribution in [-0.4, -0.2) is 10.8 Å². The summed E-state index contributed by atoms with van der Waals surface area (Å²) in [6.45, 7) is 0. The quantitative estimate of drug-likeness (QED) is 0.905. The molecule has 0 aliphatic heterocycles. The Kier molecular flexibility index (Phi) is 3.06. The van der Waals surface area contributed by atoms with Gasteiger partial charge in [0.15, 0.2) is 5.78 Å². The number of ketones is 1. The highest BCUT2D eigenvalue weighted by molar-refractivity contribution is 7.16. The van der Waals surface area contributed by atoms with Crippen LogP contribution in [0, 0.1) is 0 Å². The highest BCUT2D eigenvalue weighted by atomic mass is 35.5. The number of Topliss-reactive ketones (excluding diaryl/α,β-unsaturated/α-hetero) is 1. The van der Waals surface area contributed by atoms with Gasteiger partial charge < -0.3 is 5.32 Å². The van der Waals surface area contributed by atoms with Gasteiger partial charge in [-0.25, -0.2) is 4.98 Å². The maximum atomic E-state index is 11.5. The Hall–Kier alpha value is -1.39. The third kappa shape index (κ3) is 2.13. The number of nitrogens with one attached hydrogen (secondary N) is 1. The number of allylic oxidation sites excluding steroid dienone is 2. The van der Waals surface area contributed by atoms with Gasteiger partial charge in [0.1, 0.15) is 5.03 Å². The fourth-order valence-corrected chi connectivity index (χ4v) is 2.99. The Morgan fingerprint density at radius 3 is 3.11 bits per heavy atom. The first kappa shape index (κ1) is 11.7. The van der Waals surface area contributed by atoms with E-state index in [0.717, 1.165) is 34.4 Å². The SMILES string of the molecule is O=C1CCCC(Nc2ccc3ncsc3c2)=C1Cl. The van der Waals surface area contributed by atoms with E-state index < -0.39 is 0 Å². The van der Waals surface area contributed by atoms with E-state index in [2.05, 4.69) is 10.3 Å². The molecule has 0 unspecified atom stereocenters. The lowest BCUT2D eigenvalue weighted by atomic mass is 10.0. The number of rotatable bonds is 2. The minimum atomic E-state index is 0.0317. The zero-order valence-corrected chi connectivity index (χ0v) is 11.1. The van der Waals surface area contributed by atoms with Gasteiger partial charge in [-0.05, 0) is 31.0 Å². The number of hydrogen-bond acceptors (Lipinski definition) is 4. The first-order valence-electron chi connectivity index (χ1n) is 5.76. The minimum Gasteiger partial charge on any atom is -0.358 e. The largest absolute Gasteiger partial charge is 0.358 e. The molecule has 3 rings (SSSR count). The molecule has 1 aliphatic carbocycles. The van der Waals surface area contributed by atoms with Gasteiger partial charge in [-0.1, -0.05) is 11.6 Å². The predicted octanol–water partition coefficient (Wildman–Crippen LogP) is 3.91. The monoisotopic (exact) mass is 278 g/mol. The third-order valence-electron chi connectivity index (χ3n) is 2.97. The molecule has 1 aromatic carbocycles. The number of hydrogen-bond donors (Lipinski definition) is 1. The lowest BCUT2D eigenvalue weighted by molar-refractivity contribution is -0.115. The van der Waals surface area contributed by atoms with Gasteiger partial charge in [0.25, 0.3) is 0 Å². The molecule has 0 radical (unpaired) electrons. The van der Waals surface area contributed by atoms with Gasteiger partial charge in [0.05, 0.1) is 15.7 Å². The van der Waals surface area contributed by atoms with Crippen LogP contribution in [0.2, 0.25) is 0 Å². The number of benzene rings is 1. The van der Waals surface area contributed by atoms with Crippen LogP contribution in [0.5, 0.6) is 0 Å². The van der Waals surface area contributed by atoms with Crippen LogP contribution in [0.25, 0.3) is 10.2 Å². The van der Waals surface area contributed by atoms with Crippen LogP contribution in [0.4, 0.5) is 5.69 Å². The smallest absolute Gasteiger partial charge is 0.175 e. The topological polar surface area (TPSA) is 42.0 Å². The molecule has 0 atom stereocenters. The summed E-state index contributed by atoms with van der Waals surface area (Å²) in [5, 5.41) is 3.60. The van der Waals surface area contributed by atoms with Gasteiger partial charge in [-0.2, -0.15) is 0 Å². The van der Waals surface area contributed by atoms with E-state index >= 15 is 0 Å². The standard InChI is InChI=1S/C13H11ClN2OS/c14-13-10(2-1-3-11(13)17)16-8-4-5-9-12(6-8)18-7-15-9/h4-7,16H,1-3H2. The molecule has 92 valence electrons. The molecule has 1 aliphatic rings. The Morgan fingerprint density at radius 2 is 2.22 bits per heavy atom. The molecule has 0 bridgehead atoms. The summed E-state index contributed by atoms with van der Waals surface area (Å²) < 4.78 is 1.12. The Labute approximate surface area is 113 Å². The molecule has 2 aromatic rings. The molecule has 0 saturated heterocycles. The summed E-state index contributed by atoms with van der Waals surface area (Å²) in [4.78, 5) is 15.8. The first-order chi connectivity index (χ1) is 8.74. The summed E-state index contributed by atoms with van der Waals surface area (Å²) in [7, 11) is 0. The number of carbonyl (C=O) groups is 1. The molecule has 0 amide bonds. The highest BCUT2D eigenvalue weighted by Crippen LogP contribution is 2.28. The minimum absolute atomic E-state index is 0.0317. The number of thiazole rings is 1. The van der Waals surface area contributed by atoms with E-state index in [1.165, 1.54) is 0 Å². The van der Waals surface area contributed by atoms with Crippen LogP contribution >= 0.6 is 22.9 Å². The van der Waals surface area contributed by atoms with Crippen molar-refractivity contribution in [3.63, 3.8) is 0 Å². The van der Waals surface area contributed by atoms with Crippen LogP contribution in [0.3, 0.4) is 0 Å². The summed E-state index contributed by atoms with van der Waals surface area (Å²) >= 11 is 7.64. The van der Waals surface area contributed by atoms with Crippen molar-refractivity contribution in [1.29, 1.82) is 0 Å². The second-order valence-corrected chi connectivity index (χ2v) is 5.49. The van der Waals surface area contributed by atoms with Crippen LogP contribution < -0.4 is 5.32 Å². The van der Waals surface area contributed by atoms with Crippen molar-refractivity contribution in [3.8, 4) is 0 Å². The normalized spacial score (nSPS) is 16.4. The van der Waals surface area contributed by atoms with Crippen molar-refractivity contribution in [1.82, 2.24) is 4.98 Å². The lowest BCUT2D eigenvalue weighted by Crippen LogP contribution is -2.13. The fraction of sp³-hybridized carbons (Fsp3) is 0.231.